The average molecular weight is 474 g/mol. The highest BCUT2D eigenvalue weighted by Gasteiger charge is 2.42. The van der Waals surface area contributed by atoms with E-state index >= 15 is 0 Å². The van der Waals surface area contributed by atoms with Crippen LogP contribution in [0.4, 0.5) is 4.79 Å². The lowest BCUT2D eigenvalue weighted by atomic mass is 9.98. The van der Waals surface area contributed by atoms with Gasteiger partial charge in [0, 0.05) is 13.1 Å². The molecule has 186 valence electrons. The third kappa shape index (κ3) is 7.07. The maximum Gasteiger partial charge on any atom is 0.408 e. The maximum atomic E-state index is 13.3. The van der Waals surface area contributed by atoms with Crippen LogP contribution in [0.3, 0.4) is 0 Å². The Bertz CT molecular complexity index is 873. The Balaban J connectivity index is 2.06. The number of hydrogen-bond donors (Lipinski definition) is 1. The second kappa shape index (κ2) is 12.8. The fraction of sp³-hybridized carbons (Fsp3) is 0.520. The van der Waals surface area contributed by atoms with E-state index in [9.17, 15) is 19.2 Å². The van der Waals surface area contributed by atoms with Crippen molar-refractivity contribution >= 4 is 23.9 Å². The number of carbonyl (C=O) groups excluding carboxylic acids is 4. The van der Waals surface area contributed by atoms with Crippen LogP contribution in [-0.2, 0) is 30.5 Å². The molecule has 0 aromatic heterocycles. The summed E-state index contributed by atoms with van der Waals surface area (Å²) in [6.45, 7) is 9.67. The molecule has 9 nitrogen and oxygen atoms in total. The molecule has 34 heavy (non-hydrogen) atoms. The Morgan fingerprint density at radius 3 is 2.44 bits per heavy atom. The van der Waals surface area contributed by atoms with Crippen LogP contribution >= 0.6 is 0 Å². The highest BCUT2D eigenvalue weighted by molar-refractivity contribution is 5.94. The van der Waals surface area contributed by atoms with Crippen LogP contribution in [-0.4, -0.2) is 72.0 Å². The molecule has 1 heterocycles. The number of rotatable bonds is 10. The highest BCUT2D eigenvalue weighted by atomic mass is 16.5. The minimum Gasteiger partial charge on any atom is -0.467 e. The van der Waals surface area contributed by atoms with Crippen LogP contribution in [0.5, 0.6) is 0 Å². The van der Waals surface area contributed by atoms with Crippen molar-refractivity contribution in [1.29, 1.82) is 0 Å². The number of benzene rings is 1. The molecule has 1 N–H and O–H groups in total. The number of nitrogens with one attached hydrogen (secondary N) is 1. The summed E-state index contributed by atoms with van der Waals surface area (Å²) in [6.07, 6.45) is 1.52. The Morgan fingerprint density at radius 1 is 1.18 bits per heavy atom. The SMILES string of the molecule is C=CC[C@H]1C(=O)N([C@@H](CC(C)C)C(=O)OC)CCN1C(=O)[C@H](C)NC(=O)OCc1ccccc1. The van der Waals surface area contributed by atoms with Gasteiger partial charge in [-0.25, -0.2) is 9.59 Å². The van der Waals surface area contributed by atoms with Crippen molar-refractivity contribution in [2.24, 2.45) is 5.92 Å². The van der Waals surface area contributed by atoms with E-state index in [4.69, 9.17) is 9.47 Å². The van der Waals surface area contributed by atoms with Crippen LogP contribution in [0.25, 0.3) is 0 Å². The van der Waals surface area contributed by atoms with E-state index in [1.165, 1.54) is 16.9 Å². The molecule has 9 heteroatoms. The van der Waals surface area contributed by atoms with Gasteiger partial charge < -0.3 is 24.6 Å². The molecule has 0 aliphatic carbocycles. The van der Waals surface area contributed by atoms with Crippen LogP contribution in [0.2, 0.25) is 0 Å². The molecule has 1 fully saturated rings. The smallest absolute Gasteiger partial charge is 0.408 e. The van der Waals surface area contributed by atoms with Gasteiger partial charge in [0.2, 0.25) is 11.8 Å². The van der Waals surface area contributed by atoms with Gasteiger partial charge in [-0.3, -0.25) is 9.59 Å². The normalized spacial score (nSPS) is 17.7. The fourth-order valence-corrected chi connectivity index (χ4v) is 3.95. The van der Waals surface area contributed by atoms with Gasteiger partial charge in [-0.2, -0.15) is 0 Å². The first-order valence-corrected chi connectivity index (χ1v) is 11.5. The Hall–Kier alpha value is -3.36. The van der Waals surface area contributed by atoms with Gasteiger partial charge >= 0.3 is 12.1 Å². The molecule has 0 unspecified atom stereocenters. The van der Waals surface area contributed by atoms with Crippen molar-refractivity contribution in [3.8, 4) is 0 Å². The van der Waals surface area contributed by atoms with Gasteiger partial charge in [-0.15, -0.1) is 6.58 Å². The lowest BCUT2D eigenvalue weighted by molar-refractivity contribution is -0.162. The number of hydrogen-bond acceptors (Lipinski definition) is 6. The first kappa shape index (κ1) is 26.9. The Morgan fingerprint density at radius 2 is 1.85 bits per heavy atom. The maximum absolute atomic E-state index is 13.3. The van der Waals surface area contributed by atoms with E-state index in [2.05, 4.69) is 11.9 Å². The van der Waals surface area contributed by atoms with Crippen LogP contribution in [0, 0.1) is 5.92 Å². The van der Waals surface area contributed by atoms with Gasteiger partial charge in [0.15, 0.2) is 0 Å². The van der Waals surface area contributed by atoms with Crippen LogP contribution in [0.1, 0.15) is 39.2 Å². The van der Waals surface area contributed by atoms with Crippen LogP contribution in [0.15, 0.2) is 43.0 Å². The monoisotopic (exact) mass is 473 g/mol. The molecule has 1 aromatic carbocycles. The molecule has 1 aromatic rings. The standard InChI is InChI=1S/C25H35N3O6/c1-6-10-20-23(30)28(21(15-17(2)3)24(31)33-5)14-13-27(20)22(29)18(4)26-25(32)34-16-19-11-8-7-9-12-19/h6-9,11-12,17-18,20-21H,1,10,13-16H2,2-5H3,(H,26,32)/t18-,20-,21-/m0/s1. The summed E-state index contributed by atoms with van der Waals surface area (Å²) in [4.78, 5) is 54.0. The number of carbonyl (C=O) groups is 4. The number of methoxy groups -OCH3 is 1. The molecule has 0 radical (unpaired) electrons. The minimum atomic E-state index is -0.901. The van der Waals surface area contributed by atoms with Crippen molar-refractivity contribution in [3.05, 3.63) is 48.6 Å². The second-order valence-corrected chi connectivity index (χ2v) is 8.70. The van der Waals surface area contributed by atoms with Crippen molar-refractivity contribution < 1.29 is 28.7 Å². The molecule has 1 aliphatic rings. The summed E-state index contributed by atoms with van der Waals surface area (Å²) in [6, 6.07) is 6.76. The summed E-state index contributed by atoms with van der Waals surface area (Å²) < 4.78 is 10.1. The molecule has 0 bridgehead atoms. The van der Waals surface area contributed by atoms with E-state index in [0.29, 0.717) is 6.42 Å². The van der Waals surface area contributed by atoms with Gasteiger partial charge in [0.05, 0.1) is 7.11 Å². The molecule has 3 amide bonds. The fourth-order valence-electron chi connectivity index (χ4n) is 3.95. The number of ether oxygens (including phenoxy) is 2. The predicted octanol–water partition coefficient (Wildman–Crippen LogP) is 2.50. The summed E-state index contributed by atoms with van der Waals surface area (Å²) in [5, 5.41) is 2.53. The van der Waals surface area contributed by atoms with Crippen LogP contribution < -0.4 is 5.32 Å². The van der Waals surface area contributed by atoms with Gasteiger partial charge in [-0.05, 0) is 31.2 Å². The van der Waals surface area contributed by atoms with Crippen molar-refractivity contribution in [1.82, 2.24) is 15.1 Å². The predicted molar refractivity (Wildman–Crippen MR) is 127 cm³/mol. The highest BCUT2D eigenvalue weighted by Crippen LogP contribution is 2.22. The summed E-state index contributed by atoms with van der Waals surface area (Å²) >= 11 is 0. The number of alkyl carbamates (subject to hydrolysis) is 1. The number of esters is 1. The Labute approximate surface area is 201 Å². The summed E-state index contributed by atoms with van der Waals surface area (Å²) in [7, 11) is 1.30. The lowest BCUT2D eigenvalue weighted by Gasteiger charge is -2.43. The molecule has 2 rings (SSSR count). The van der Waals surface area contributed by atoms with E-state index in [0.717, 1.165) is 5.56 Å². The van der Waals surface area contributed by atoms with Crippen molar-refractivity contribution in [2.75, 3.05) is 20.2 Å². The zero-order valence-corrected chi connectivity index (χ0v) is 20.4. The summed E-state index contributed by atoms with van der Waals surface area (Å²) in [5.41, 5.74) is 0.825. The van der Waals surface area contributed by atoms with E-state index in [-0.39, 0.29) is 37.9 Å². The molecular weight excluding hydrogens is 438 g/mol. The second-order valence-electron chi connectivity index (χ2n) is 8.70. The van der Waals surface area contributed by atoms with Gasteiger partial charge in [0.1, 0.15) is 24.7 Å². The zero-order valence-electron chi connectivity index (χ0n) is 20.4. The third-order valence-corrected chi connectivity index (χ3v) is 5.66. The van der Waals surface area contributed by atoms with Gasteiger partial charge in [-0.1, -0.05) is 50.3 Å². The molecule has 3 atom stereocenters. The molecule has 1 aliphatic heterocycles. The third-order valence-electron chi connectivity index (χ3n) is 5.66. The molecule has 0 spiro atoms. The number of nitrogens with zero attached hydrogens (tertiary/aromatic N) is 2. The van der Waals surface area contributed by atoms with Crippen molar-refractivity contribution in [3.63, 3.8) is 0 Å². The summed E-state index contributed by atoms with van der Waals surface area (Å²) in [5.74, 6) is -1.06. The topological polar surface area (TPSA) is 105 Å². The average Bonchev–Trinajstić information content (AvgIpc) is 2.82. The molecule has 1 saturated heterocycles. The quantitative estimate of drug-likeness (QED) is 0.414. The molecule has 0 saturated carbocycles. The van der Waals surface area contributed by atoms with Crippen molar-refractivity contribution in [2.45, 2.75) is 58.3 Å². The van der Waals surface area contributed by atoms with E-state index < -0.39 is 36.1 Å². The first-order chi connectivity index (χ1) is 16.2. The number of piperazine rings is 1. The Kier molecular flexibility index (Phi) is 10.1. The zero-order chi connectivity index (χ0) is 25.3. The number of amides is 3. The van der Waals surface area contributed by atoms with Gasteiger partial charge in [0.25, 0.3) is 0 Å². The van der Waals surface area contributed by atoms with E-state index in [1.54, 1.807) is 13.0 Å². The largest absolute Gasteiger partial charge is 0.467 e. The first-order valence-electron chi connectivity index (χ1n) is 11.5. The molecular formula is C25H35N3O6. The lowest BCUT2D eigenvalue weighted by Crippen LogP contribution is -2.64. The minimum absolute atomic E-state index is 0.0780. The van der Waals surface area contributed by atoms with E-state index in [1.807, 2.05) is 44.2 Å².